The van der Waals surface area contributed by atoms with Crippen molar-refractivity contribution in [2.75, 3.05) is 5.32 Å². The third kappa shape index (κ3) is 4.17. The van der Waals surface area contributed by atoms with Crippen LogP contribution in [0.5, 0.6) is 0 Å². The van der Waals surface area contributed by atoms with Gasteiger partial charge in [0.15, 0.2) is 0 Å². The maximum absolute atomic E-state index is 12.2. The van der Waals surface area contributed by atoms with Gasteiger partial charge in [-0.2, -0.15) is 0 Å². The second-order valence-corrected chi connectivity index (χ2v) is 5.73. The van der Waals surface area contributed by atoms with E-state index in [-0.39, 0.29) is 11.5 Å². The average molecular weight is 339 g/mol. The van der Waals surface area contributed by atoms with Crippen molar-refractivity contribution in [1.29, 1.82) is 0 Å². The third-order valence-corrected chi connectivity index (χ3v) is 3.55. The topological polar surface area (TPSA) is 55.1 Å². The number of thiocarbonyl (C=S) groups is 1. The molecule has 0 bridgehead atoms. The molecular weight excluding hydrogens is 327 g/mol. The van der Waals surface area contributed by atoms with Crippen LogP contribution in [0.4, 0.5) is 5.69 Å². The molecule has 2 aromatic rings. The number of halogens is 2. The van der Waals surface area contributed by atoms with Crippen LogP contribution < -0.4 is 11.1 Å². The van der Waals surface area contributed by atoms with Crippen LogP contribution in [0.15, 0.2) is 42.5 Å². The summed E-state index contributed by atoms with van der Waals surface area (Å²) in [5, 5.41) is 3.37. The maximum Gasteiger partial charge on any atom is 0.258 e. The van der Waals surface area contributed by atoms with E-state index < -0.39 is 0 Å². The standard InChI is InChI=1S/C15H12Cl2N2OS/c16-11-2-1-3-12(17)14(11)15(20)19-10-6-4-9(5-7-10)8-13(18)21/h1-7H,8H2,(H2,18,21)(H,19,20). The highest BCUT2D eigenvalue weighted by molar-refractivity contribution is 7.80. The summed E-state index contributed by atoms with van der Waals surface area (Å²) < 4.78 is 0. The molecule has 2 rings (SSSR count). The fourth-order valence-corrected chi connectivity index (χ4v) is 2.55. The van der Waals surface area contributed by atoms with Crippen molar-refractivity contribution in [3.8, 4) is 0 Å². The lowest BCUT2D eigenvalue weighted by Gasteiger charge is -2.09. The predicted octanol–water partition coefficient (Wildman–Crippen LogP) is 4.07. The van der Waals surface area contributed by atoms with Gasteiger partial charge in [-0.15, -0.1) is 0 Å². The average Bonchev–Trinajstić information content (AvgIpc) is 2.40. The minimum Gasteiger partial charge on any atom is -0.393 e. The summed E-state index contributed by atoms with van der Waals surface area (Å²) in [4.78, 5) is 12.6. The molecule has 0 aliphatic carbocycles. The third-order valence-electron chi connectivity index (χ3n) is 2.78. The summed E-state index contributed by atoms with van der Waals surface area (Å²) in [5.74, 6) is -0.354. The van der Waals surface area contributed by atoms with Gasteiger partial charge in [-0.3, -0.25) is 4.79 Å². The predicted molar refractivity (Wildman–Crippen MR) is 91.3 cm³/mol. The first-order valence-electron chi connectivity index (χ1n) is 6.10. The largest absolute Gasteiger partial charge is 0.393 e. The Hall–Kier alpha value is -1.62. The quantitative estimate of drug-likeness (QED) is 0.826. The van der Waals surface area contributed by atoms with Crippen molar-refractivity contribution >= 4 is 52.0 Å². The summed E-state index contributed by atoms with van der Waals surface area (Å²) >= 11 is 16.9. The second-order valence-electron chi connectivity index (χ2n) is 4.39. The Morgan fingerprint density at radius 1 is 1.10 bits per heavy atom. The van der Waals surface area contributed by atoms with E-state index in [9.17, 15) is 4.79 Å². The van der Waals surface area contributed by atoms with Gasteiger partial charge in [0.2, 0.25) is 0 Å². The first-order valence-corrected chi connectivity index (χ1v) is 7.26. The van der Waals surface area contributed by atoms with E-state index in [4.69, 9.17) is 41.2 Å². The summed E-state index contributed by atoms with van der Waals surface area (Å²) in [5.41, 5.74) is 7.37. The molecule has 0 aliphatic rings. The van der Waals surface area contributed by atoms with E-state index in [1.807, 2.05) is 12.1 Å². The smallest absolute Gasteiger partial charge is 0.258 e. The SMILES string of the molecule is NC(=S)Cc1ccc(NC(=O)c2c(Cl)cccc2Cl)cc1. The van der Waals surface area contributed by atoms with Crippen molar-refractivity contribution in [2.24, 2.45) is 5.73 Å². The van der Waals surface area contributed by atoms with Gasteiger partial charge in [-0.05, 0) is 29.8 Å². The molecule has 0 unspecified atom stereocenters. The normalized spacial score (nSPS) is 10.2. The van der Waals surface area contributed by atoms with Crippen LogP contribution in [0.25, 0.3) is 0 Å². The summed E-state index contributed by atoms with van der Waals surface area (Å²) in [7, 11) is 0. The Morgan fingerprint density at radius 3 is 2.19 bits per heavy atom. The minimum atomic E-state index is -0.354. The molecule has 2 aromatic carbocycles. The fourth-order valence-electron chi connectivity index (χ4n) is 1.82. The maximum atomic E-state index is 12.2. The molecule has 21 heavy (non-hydrogen) atoms. The molecule has 108 valence electrons. The van der Waals surface area contributed by atoms with Crippen molar-refractivity contribution in [3.05, 3.63) is 63.6 Å². The van der Waals surface area contributed by atoms with Crippen LogP contribution in [0.2, 0.25) is 10.0 Å². The highest BCUT2D eigenvalue weighted by Gasteiger charge is 2.14. The number of anilines is 1. The van der Waals surface area contributed by atoms with Crippen LogP contribution in [0.3, 0.4) is 0 Å². The lowest BCUT2D eigenvalue weighted by atomic mass is 10.1. The van der Waals surface area contributed by atoms with Crippen LogP contribution in [0.1, 0.15) is 15.9 Å². The molecule has 0 fully saturated rings. The van der Waals surface area contributed by atoms with Crippen LogP contribution in [-0.2, 0) is 6.42 Å². The number of carbonyl (C=O) groups excluding carboxylic acids is 1. The van der Waals surface area contributed by atoms with Crippen molar-refractivity contribution in [3.63, 3.8) is 0 Å². The Kier molecular flexibility index (Phi) is 5.17. The van der Waals surface area contributed by atoms with E-state index in [1.54, 1.807) is 30.3 Å². The molecule has 0 aromatic heterocycles. The molecule has 6 heteroatoms. The van der Waals surface area contributed by atoms with Gasteiger partial charge in [0.05, 0.1) is 20.6 Å². The molecule has 0 aliphatic heterocycles. The van der Waals surface area contributed by atoms with Gasteiger partial charge < -0.3 is 11.1 Å². The van der Waals surface area contributed by atoms with E-state index in [0.717, 1.165) is 5.56 Å². The molecule has 0 spiro atoms. The minimum absolute atomic E-state index is 0.257. The number of nitrogens with two attached hydrogens (primary N) is 1. The monoisotopic (exact) mass is 338 g/mol. The summed E-state index contributed by atoms with van der Waals surface area (Å²) in [6.45, 7) is 0. The fraction of sp³-hybridized carbons (Fsp3) is 0.0667. The number of hydrogen-bond donors (Lipinski definition) is 2. The Labute approximate surface area is 138 Å². The van der Waals surface area contributed by atoms with Gasteiger partial charge in [-0.1, -0.05) is 53.6 Å². The Bertz CT molecular complexity index is 666. The van der Waals surface area contributed by atoms with Crippen LogP contribution in [0, 0.1) is 0 Å². The van der Waals surface area contributed by atoms with Crippen molar-refractivity contribution < 1.29 is 4.79 Å². The van der Waals surface area contributed by atoms with Crippen LogP contribution in [-0.4, -0.2) is 10.9 Å². The van der Waals surface area contributed by atoms with E-state index in [2.05, 4.69) is 5.32 Å². The summed E-state index contributed by atoms with van der Waals surface area (Å²) in [6, 6.07) is 12.2. The van der Waals surface area contributed by atoms with E-state index in [0.29, 0.717) is 27.1 Å². The Morgan fingerprint density at radius 2 is 1.67 bits per heavy atom. The van der Waals surface area contributed by atoms with Gasteiger partial charge in [0, 0.05) is 12.1 Å². The molecule has 3 N–H and O–H groups in total. The lowest BCUT2D eigenvalue weighted by molar-refractivity contribution is 0.102. The summed E-state index contributed by atoms with van der Waals surface area (Å²) in [6.07, 6.45) is 0.528. The van der Waals surface area contributed by atoms with Gasteiger partial charge in [0.1, 0.15) is 0 Å². The molecule has 0 atom stereocenters. The van der Waals surface area contributed by atoms with Gasteiger partial charge in [0.25, 0.3) is 5.91 Å². The zero-order valence-electron chi connectivity index (χ0n) is 10.9. The molecule has 0 heterocycles. The second kappa shape index (κ2) is 6.89. The van der Waals surface area contributed by atoms with Crippen molar-refractivity contribution in [2.45, 2.75) is 6.42 Å². The number of amides is 1. The highest BCUT2D eigenvalue weighted by Crippen LogP contribution is 2.25. The molecule has 3 nitrogen and oxygen atoms in total. The number of nitrogens with one attached hydrogen (secondary N) is 1. The zero-order valence-corrected chi connectivity index (χ0v) is 13.2. The molecule has 1 amide bonds. The molecule has 0 radical (unpaired) electrons. The molecular formula is C15H12Cl2N2OS. The zero-order chi connectivity index (χ0) is 15.4. The molecule has 0 saturated heterocycles. The Balaban J connectivity index is 2.14. The first-order chi connectivity index (χ1) is 9.97. The van der Waals surface area contributed by atoms with E-state index in [1.165, 1.54) is 0 Å². The van der Waals surface area contributed by atoms with Gasteiger partial charge >= 0.3 is 0 Å². The number of rotatable bonds is 4. The number of carbonyl (C=O) groups is 1. The first kappa shape index (κ1) is 15.8. The lowest BCUT2D eigenvalue weighted by Crippen LogP contribution is -2.13. The highest BCUT2D eigenvalue weighted by atomic mass is 35.5. The van der Waals surface area contributed by atoms with Crippen LogP contribution >= 0.6 is 35.4 Å². The number of benzene rings is 2. The van der Waals surface area contributed by atoms with E-state index >= 15 is 0 Å². The number of hydrogen-bond acceptors (Lipinski definition) is 2. The van der Waals surface area contributed by atoms with Gasteiger partial charge in [-0.25, -0.2) is 0 Å². The molecule has 0 saturated carbocycles. The van der Waals surface area contributed by atoms with Crippen molar-refractivity contribution in [1.82, 2.24) is 0 Å².